The fourth-order valence-corrected chi connectivity index (χ4v) is 2.44. The van der Waals surface area contributed by atoms with Crippen LogP contribution in [0, 0.1) is 6.92 Å². The van der Waals surface area contributed by atoms with Gasteiger partial charge in [0.05, 0.1) is 6.54 Å². The summed E-state index contributed by atoms with van der Waals surface area (Å²) in [5.41, 5.74) is 0.311. The van der Waals surface area contributed by atoms with Gasteiger partial charge in [0.2, 0.25) is 5.89 Å². The molecule has 0 unspecified atom stereocenters. The minimum Gasteiger partial charge on any atom is -0.355 e. The third kappa shape index (κ3) is 3.05. The van der Waals surface area contributed by atoms with Gasteiger partial charge in [0, 0.05) is 27.1 Å². The molecular weight excluding hydrogens is 284 g/mol. The largest absolute Gasteiger partial charge is 0.355 e. The predicted octanol–water partition coefficient (Wildman–Crippen LogP) is 1.04. The quantitative estimate of drug-likeness (QED) is 0.833. The highest BCUT2D eigenvalue weighted by molar-refractivity contribution is 5.92. The first-order valence-corrected chi connectivity index (χ1v) is 7.27. The maximum atomic E-state index is 12.3. The van der Waals surface area contributed by atoms with Crippen LogP contribution in [-0.4, -0.2) is 51.3 Å². The molecule has 0 N–H and O–H groups in total. The molecule has 0 bridgehead atoms. The van der Waals surface area contributed by atoms with Crippen molar-refractivity contribution in [2.45, 2.75) is 26.3 Å². The lowest BCUT2D eigenvalue weighted by molar-refractivity contribution is 0.0773. The molecule has 3 heterocycles. The Morgan fingerprint density at radius 2 is 2.09 bits per heavy atom. The monoisotopic (exact) mass is 302 g/mol. The van der Waals surface area contributed by atoms with Gasteiger partial charge >= 0.3 is 0 Å². The van der Waals surface area contributed by atoms with E-state index in [0.29, 0.717) is 17.4 Å². The van der Waals surface area contributed by atoms with Crippen LogP contribution in [0.1, 0.15) is 35.0 Å². The van der Waals surface area contributed by atoms with E-state index in [1.54, 1.807) is 20.0 Å². The van der Waals surface area contributed by atoms with Crippen LogP contribution in [0.4, 0.5) is 5.82 Å². The van der Waals surface area contributed by atoms with E-state index in [1.807, 2.05) is 6.07 Å². The second-order valence-corrected chi connectivity index (χ2v) is 5.36. The molecule has 0 aromatic carbocycles. The number of hydrogen-bond donors (Lipinski definition) is 0. The maximum absolute atomic E-state index is 12.3. The average molecular weight is 302 g/mol. The van der Waals surface area contributed by atoms with Crippen LogP contribution < -0.4 is 4.90 Å². The van der Waals surface area contributed by atoms with Gasteiger partial charge in [-0.3, -0.25) is 4.79 Å². The van der Waals surface area contributed by atoms with Gasteiger partial charge in [-0.25, -0.2) is 0 Å². The van der Waals surface area contributed by atoms with Crippen LogP contribution in [-0.2, 0) is 6.54 Å². The topological polar surface area (TPSA) is 88.3 Å². The summed E-state index contributed by atoms with van der Waals surface area (Å²) in [6.45, 7) is 3.98. The lowest BCUT2D eigenvalue weighted by Crippen LogP contribution is -2.28. The van der Waals surface area contributed by atoms with Crippen molar-refractivity contribution in [1.29, 1.82) is 0 Å². The van der Waals surface area contributed by atoms with Gasteiger partial charge in [0.1, 0.15) is 0 Å². The summed E-state index contributed by atoms with van der Waals surface area (Å²) in [6.07, 6.45) is 2.35. The first kappa shape index (κ1) is 14.4. The molecule has 0 saturated carbocycles. The van der Waals surface area contributed by atoms with E-state index < -0.39 is 0 Å². The molecule has 3 rings (SSSR count). The molecule has 1 aliphatic rings. The summed E-state index contributed by atoms with van der Waals surface area (Å²) in [6, 6.07) is 3.55. The van der Waals surface area contributed by atoms with Crippen molar-refractivity contribution in [3.05, 3.63) is 29.5 Å². The standard InChI is InChI=1S/C14H18N6O2/c1-10-15-12(18-22-10)9-19(2)14(21)11-5-6-13(17-16-11)20-7-3-4-8-20/h5-6H,3-4,7-9H2,1-2H3. The van der Waals surface area contributed by atoms with Crippen molar-refractivity contribution in [2.75, 3.05) is 25.0 Å². The lowest BCUT2D eigenvalue weighted by atomic mass is 10.3. The van der Waals surface area contributed by atoms with Crippen molar-refractivity contribution in [3.8, 4) is 0 Å². The van der Waals surface area contributed by atoms with Gasteiger partial charge in [-0.1, -0.05) is 5.16 Å². The normalized spacial score (nSPS) is 14.4. The van der Waals surface area contributed by atoms with Gasteiger partial charge in [-0.15, -0.1) is 10.2 Å². The Hall–Kier alpha value is -2.51. The number of carbonyl (C=O) groups excluding carboxylic acids is 1. The molecule has 8 nitrogen and oxygen atoms in total. The summed E-state index contributed by atoms with van der Waals surface area (Å²) in [5, 5.41) is 12.0. The zero-order valence-corrected chi connectivity index (χ0v) is 12.7. The number of aryl methyl sites for hydroxylation is 1. The van der Waals surface area contributed by atoms with E-state index in [9.17, 15) is 4.79 Å². The highest BCUT2D eigenvalue weighted by Gasteiger charge is 2.18. The number of nitrogens with zero attached hydrogens (tertiary/aromatic N) is 6. The summed E-state index contributed by atoms with van der Waals surface area (Å²) < 4.78 is 4.89. The highest BCUT2D eigenvalue weighted by atomic mass is 16.5. The molecule has 0 radical (unpaired) electrons. The molecule has 8 heteroatoms. The Kier molecular flexibility index (Phi) is 3.99. The Morgan fingerprint density at radius 1 is 1.32 bits per heavy atom. The minimum atomic E-state index is -0.220. The van der Waals surface area contributed by atoms with E-state index in [-0.39, 0.29) is 12.5 Å². The van der Waals surface area contributed by atoms with Gasteiger partial charge in [-0.2, -0.15) is 4.98 Å². The number of rotatable bonds is 4. The first-order valence-electron chi connectivity index (χ1n) is 7.27. The van der Waals surface area contributed by atoms with Crippen LogP contribution >= 0.6 is 0 Å². The van der Waals surface area contributed by atoms with Crippen molar-refractivity contribution in [1.82, 2.24) is 25.2 Å². The van der Waals surface area contributed by atoms with E-state index in [0.717, 1.165) is 18.9 Å². The zero-order valence-electron chi connectivity index (χ0n) is 12.7. The molecular formula is C14H18N6O2. The van der Waals surface area contributed by atoms with Gasteiger partial charge in [-0.05, 0) is 25.0 Å². The SMILES string of the molecule is Cc1nc(CN(C)C(=O)c2ccc(N3CCCC3)nn2)no1. The second-order valence-electron chi connectivity index (χ2n) is 5.36. The summed E-state index contributed by atoms with van der Waals surface area (Å²) >= 11 is 0. The van der Waals surface area contributed by atoms with Crippen LogP contribution in [0.5, 0.6) is 0 Å². The molecule has 1 aliphatic heterocycles. The number of amides is 1. The Balaban J connectivity index is 1.66. The number of hydrogen-bond acceptors (Lipinski definition) is 7. The van der Waals surface area contributed by atoms with Crippen molar-refractivity contribution in [2.24, 2.45) is 0 Å². The molecule has 2 aromatic heterocycles. The van der Waals surface area contributed by atoms with Crippen molar-refractivity contribution >= 4 is 11.7 Å². The third-order valence-corrected chi connectivity index (χ3v) is 3.59. The molecule has 1 amide bonds. The summed E-state index contributed by atoms with van der Waals surface area (Å²) in [5.74, 6) is 1.55. The lowest BCUT2D eigenvalue weighted by Gasteiger charge is -2.17. The van der Waals surface area contributed by atoms with Crippen LogP contribution in [0.15, 0.2) is 16.7 Å². The fraction of sp³-hybridized carbons (Fsp3) is 0.500. The van der Waals surface area contributed by atoms with Crippen molar-refractivity contribution < 1.29 is 9.32 Å². The van der Waals surface area contributed by atoms with Crippen molar-refractivity contribution in [3.63, 3.8) is 0 Å². The molecule has 0 atom stereocenters. The van der Waals surface area contributed by atoms with Gasteiger partial charge in [0.25, 0.3) is 5.91 Å². The van der Waals surface area contributed by atoms with E-state index in [2.05, 4.69) is 25.2 Å². The molecule has 116 valence electrons. The highest BCUT2D eigenvalue weighted by Crippen LogP contribution is 2.17. The number of carbonyl (C=O) groups is 1. The van der Waals surface area contributed by atoms with Crippen LogP contribution in [0.3, 0.4) is 0 Å². The van der Waals surface area contributed by atoms with Gasteiger partial charge < -0.3 is 14.3 Å². The smallest absolute Gasteiger partial charge is 0.274 e. The molecule has 1 saturated heterocycles. The summed E-state index contributed by atoms with van der Waals surface area (Å²) in [4.78, 5) is 20.1. The summed E-state index contributed by atoms with van der Waals surface area (Å²) in [7, 11) is 1.67. The minimum absolute atomic E-state index is 0.220. The van der Waals surface area contributed by atoms with Crippen LogP contribution in [0.2, 0.25) is 0 Å². The molecule has 0 aliphatic carbocycles. The maximum Gasteiger partial charge on any atom is 0.274 e. The van der Waals surface area contributed by atoms with Crippen LogP contribution in [0.25, 0.3) is 0 Å². The van der Waals surface area contributed by atoms with E-state index in [4.69, 9.17) is 4.52 Å². The second kappa shape index (κ2) is 6.08. The Morgan fingerprint density at radius 3 is 2.68 bits per heavy atom. The third-order valence-electron chi connectivity index (χ3n) is 3.59. The molecule has 0 spiro atoms. The molecule has 22 heavy (non-hydrogen) atoms. The van der Waals surface area contributed by atoms with E-state index in [1.165, 1.54) is 17.7 Å². The molecule has 2 aromatic rings. The first-order chi connectivity index (χ1) is 10.6. The number of aromatic nitrogens is 4. The Labute approximate surface area is 128 Å². The number of anilines is 1. The average Bonchev–Trinajstić information content (AvgIpc) is 3.18. The predicted molar refractivity (Wildman–Crippen MR) is 78.3 cm³/mol. The van der Waals surface area contributed by atoms with Gasteiger partial charge in [0.15, 0.2) is 17.3 Å². The zero-order chi connectivity index (χ0) is 15.5. The fourth-order valence-electron chi connectivity index (χ4n) is 2.44. The van der Waals surface area contributed by atoms with E-state index >= 15 is 0 Å². The Bertz CT molecular complexity index is 648. The molecule has 1 fully saturated rings.